The van der Waals surface area contributed by atoms with E-state index >= 15 is 0 Å². The number of carbonyl (C=O) groups is 2. The second-order valence-electron chi connectivity index (χ2n) is 19.9. The van der Waals surface area contributed by atoms with Crippen LogP contribution in [0.1, 0.15) is 98.8 Å². The molecule has 0 aromatic carbocycles. The first kappa shape index (κ1) is 43.3. The first-order valence-corrected chi connectivity index (χ1v) is 20.9. The van der Waals surface area contributed by atoms with Crippen molar-refractivity contribution in [2.45, 2.75) is 160 Å². The molecule has 0 bridgehead atoms. The van der Waals surface area contributed by atoms with Crippen LogP contribution < -0.4 is 0 Å². The molecule has 15 heteroatoms. The summed E-state index contributed by atoms with van der Waals surface area (Å²) in [5.74, 6) is -1.13. The van der Waals surface area contributed by atoms with Crippen LogP contribution in [0.15, 0.2) is 11.6 Å². The lowest BCUT2D eigenvalue weighted by Crippen LogP contribution is -2.67. The minimum absolute atomic E-state index is 0.0110. The molecule has 324 valence electrons. The number of allylic oxidation sites excluding steroid dienone is 2. The highest BCUT2D eigenvalue weighted by molar-refractivity contribution is 5.80. The molecule has 0 amide bonds. The van der Waals surface area contributed by atoms with Crippen LogP contribution in [0, 0.1) is 50.2 Å². The minimum atomic E-state index is -1.74. The van der Waals surface area contributed by atoms with E-state index in [2.05, 4.69) is 26.8 Å². The van der Waals surface area contributed by atoms with Crippen LogP contribution in [0.3, 0.4) is 0 Å². The largest absolute Gasteiger partial charge is 0.481 e. The Bertz CT molecular complexity index is 1570. The molecule has 7 rings (SSSR count). The standard InChI is InChI=1S/C42H66O15/c1-37(36(52)53-6)13-15-42(35(50)51)16-14-40(4)21(22(42)17-37)7-8-26-38(2)11-10-27(39(3,20-44)25(38)9-12-41(26,40)5)56-33-31(49)32(23(45)19-54-33)57-34-30(48)29(47)28(46)24(18-43)55-34/h7,22-34,43-49H,8-20H2,1-6H3,(H,50,51)/t22-,23-,24+,25+,26+,27-,28+,29-,30+,31+,32-,33-,34-,37-,38-,39+,40+,41+,42-/m0/s1. The first-order valence-electron chi connectivity index (χ1n) is 20.9. The fourth-order valence-corrected chi connectivity index (χ4v) is 13.7. The molecule has 19 atom stereocenters. The van der Waals surface area contributed by atoms with Crippen LogP contribution in [0.5, 0.6) is 0 Å². The van der Waals surface area contributed by atoms with Gasteiger partial charge >= 0.3 is 11.9 Å². The Morgan fingerprint density at radius 1 is 0.825 bits per heavy atom. The van der Waals surface area contributed by atoms with Crippen LogP contribution >= 0.6 is 0 Å². The van der Waals surface area contributed by atoms with Gasteiger partial charge in [-0.15, -0.1) is 0 Å². The number of aliphatic hydroxyl groups is 7. The maximum atomic E-state index is 13.2. The van der Waals surface area contributed by atoms with Gasteiger partial charge in [0.25, 0.3) is 0 Å². The average Bonchev–Trinajstić information content (AvgIpc) is 3.18. The van der Waals surface area contributed by atoms with Crippen molar-refractivity contribution in [1.82, 2.24) is 0 Å². The third-order valence-electron chi connectivity index (χ3n) is 17.5. The molecule has 6 fully saturated rings. The van der Waals surface area contributed by atoms with Crippen molar-refractivity contribution in [3.8, 4) is 0 Å². The SMILES string of the molecule is COC(=O)[C@@]1(C)CC[C@]2(C(=O)O)CC[C@]3(C)C(=CC[C@@H]4[C@@]5(C)CC[C@H](O[C@@H]6OC[C@H](O)[C@H](O[C@@H]7O[C@H](CO)[C@@H](O)[C@H](O)[C@H]7O)[C@H]6O)[C@](C)(CO)[C@@H]5CC[C@]43C)[C@@H]2C1. The molecule has 2 saturated heterocycles. The van der Waals surface area contributed by atoms with Gasteiger partial charge in [0.05, 0.1) is 43.9 Å². The molecule has 0 aromatic rings. The Kier molecular flexibility index (Phi) is 11.4. The van der Waals surface area contributed by atoms with Crippen molar-refractivity contribution in [3.05, 3.63) is 11.6 Å². The number of hydrogen-bond acceptors (Lipinski definition) is 14. The summed E-state index contributed by atoms with van der Waals surface area (Å²) in [5.41, 5.74) is -2.00. The summed E-state index contributed by atoms with van der Waals surface area (Å²) >= 11 is 0. The van der Waals surface area contributed by atoms with Crippen molar-refractivity contribution in [2.75, 3.05) is 26.9 Å². The lowest BCUT2D eigenvalue weighted by Gasteiger charge is -2.71. The summed E-state index contributed by atoms with van der Waals surface area (Å²) in [4.78, 5) is 26.3. The van der Waals surface area contributed by atoms with E-state index < -0.39 is 90.2 Å². The summed E-state index contributed by atoms with van der Waals surface area (Å²) in [7, 11) is 1.40. The number of rotatable bonds is 8. The van der Waals surface area contributed by atoms with Gasteiger partial charge in [-0.2, -0.15) is 0 Å². The highest BCUT2D eigenvalue weighted by Crippen LogP contribution is 2.76. The molecule has 7 aliphatic rings. The molecule has 57 heavy (non-hydrogen) atoms. The average molecular weight is 811 g/mol. The van der Waals surface area contributed by atoms with Crippen molar-refractivity contribution in [2.24, 2.45) is 50.2 Å². The van der Waals surface area contributed by atoms with Gasteiger partial charge in [-0.1, -0.05) is 39.3 Å². The topological polar surface area (TPSA) is 242 Å². The smallest absolute Gasteiger partial charge is 0.311 e. The van der Waals surface area contributed by atoms with E-state index in [1.807, 2.05) is 13.8 Å². The van der Waals surface area contributed by atoms with Crippen molar-refractivity contribution in [1.29, 1.82) is 0 Å². The van der Waals surface area contributed by atoms with Gasteiger partial charge < -0.3 is 64.5 Å². The Morgan fingerprint density at radius 3 is 2.18 bits per heavy atom. The van der Waals surface area contributed by atoms with Crippen LogP contribution in [0.2, 0.25) is 0 Å². The van der Waals surface area contributed by atoms with Crippen LogP contribution in [-0.2, 0) is 33.3 Å². The monoisotopic (exact) mass is 810 g/mol. The fraction of sp³-hybridized carbons (Fsp3) is 0.905. The molecular formula is C42H66O15. The number of aliphatic carboxylic acids is 1. The summed E-state index contributed by atoms with van der Waals surface area (Å²) in [6.07, 6.45) is -5.40. The summed E-state index contributed by atoms with van der Waals surface area (Å²) < 4.78 is 28.9. The van der Waals surface area contributed by atoms with Crippen molar-refractivity contribution < 1.29 is 74.1 Å². The van der Waals surface area contributed by atoms with Gasteiger partial charge in [-0.3, -0.25) is 9.59 Å². The van der Waals surface area contributed by atoms with Crippen molar-refractivity contribution in [3.63, 3.8) is 0 Å². The Labute approximate surface area is 334 Å². The third kappa shape index (κ3) is 6.30. The predicted molar refractivity (Wildman–Crippen MR) is 200 cm³/mol. The zero-order chi connectivity index (χ0) is 41.7. The summed E-state index contributed by atoms with van der Waals surface area (Å²) in [6.45, 7) is 9.83. The Hall–Kier alpha value is -1.76. The van der Waals surface area contributed by atoms with Crippen LogP contribution in [0.25, 0.3) is 0 Å². The molecule has 8 N–H and O–H groups in total. The molecule has 0 aromatic heterocycles. The number of methoxy groups -OCH3 is 1. The van der Waals surface area contributed by atoms with E-state index in [-0.39, 0.29) is 53.2 Å². The van der Waals surface area contributed by atoms with E-state index in [0.717, 1.165) is 32.1 Å². The highest BCUT2D eigenvalue weighted by Gasteiger charge is 2.70. The normalized spacial score (nSPS) is 53.6. The Balaban J connectivity index is 1.12. The van der Waals surface area contributed by atoms with E-state index in [0.29, 0.717) is 32.1 Å². The summed E-state index contributed by atoms with van der Waals surface area (Å²) in [5, 5.41) is 85.0. The number of carboxylic acid groups (broad SMARTS) is 1. The second-order valence-corrected chi connectivity index (χ2v) is 19.9. The van der Waals surface area contributed by atoms with Gasteiger partial charge in [0.2, 0.25) is 0 Å². The van der Waals surface area contributed by atoms with Gasteiger partial charge in [0.15, 0.2) is 12.6 Å². The van der Waals surface area contributed by atoms with Gasteiger partial charge in [0.1, 0.15) is 42.7 Å². The fourth-order valence-electron chi connectivity index (χ4n) is 13.7. The molecule has 15 nitrogen and oxygen atoms in total. The van der Waals surface area contributed by atoms with E-state index in [1.54, 1.807) is 0 Å². The van der Waals surface area contributed by atoms with Gasteiger partial charge in [-0.25, -0.2) is 0 Å². The molecule has 5 aliphatic carbocycles. The van der Waals surface area contributed by atoms with Gasteiger partial charge in [0, 0.05) is 5.41 Å². The number of esters is 1. The van der Waals surface area contributed by atoms with E-state index in [1.165, 1.54) is 12.7 Å². The van der Waals surface area contributed by atoms with Crippen LogP contribution in [0.4, 0.5) is 0 Å². The number of aliphatic hydroxyl groups excluding tert-OH is 7. The zero-order valence-electron chi connectivity index (χ0n) is 34.2. The maximum absolute atomic E-state index is 13.2. The maximum Gasteiger partial charge on any atom is 0.311 e. The third-order valence-corrected chi connectivity index (χ3v) is 17.5. The zero-order valence-corrected chi connectivity index (χ0v) is 34.2. The molecule has 0 unspecified atom stereocenters. The lowest BCUT2D eigenvalue weighted by molar-refractivity contribution is -0.358. The first-order chi connectivity index (χ1) is 26.7. The minimum Gasteiger partial charge on any atom is -0.481 e. The molecule has 2 heterocycles. The Morgan fingerprint density at radius 2 is 1.53 bits per heavy atom. The summed E-state index contributed by atoms with van der Waals surface area (Å²) in [6, 6.07) is 0. The number of hydrogen-bond donors (Lipinski definition) is 8. The number of carboxylic acids is 1. The van der Waals surface area contributed by atoms with Crippen molar-refractivity contribution >= 4 is 11.9 Å². The molecular weight excluding hydrogens is 744 g/mol. The molecule has 0 radical (unpaired) electrons. The number of fused-ring (bicyclic) bond motifs is 7. The predicted octanol–water partition coefficient (Wildman–Crippen LogP) is 1.65. The van der Waals surface area contributed by atoms with E-state index in [4.69, 9.17) is 23.7 Å². The molecule has 4 saturated carbocycles. The lowest BCUT2D eigenvalue weighted by atomic mass is 9.33. The van der Waals surface area contributed by atoms with E-state index in [9.17, 15) is 50.4 Å². The quantitative estimate of drug-likeness (QED) is 0.0988. The molecule has 0 spiro atoms. The van der Waals surface area contributed by atoms with Crippen LogP contribution in [-0.4, -0.2) is 141 Å². The number of carbonyl (C=O) groups excluding carboxylic acids is 1. The van der Waals surface area contributed by atoms with Gasteiger partial charge in [-0.05, 0) is 105 Å². The number of ether oxygens (including phenoxy) is 5. The highest BCUT2D eigenvalue weighted by atomic mass is 16.7. The molecule has 2 aliphatic heterocycles. The second kappa shape index (κ2) is 15.0.